The van der Waals surface area contributed by atoms with Gasteiger partial charge < -0.3 is 15.8 Å². The van der Waals surface area contributed by atoms with E-state index in [2.05, 4.69) is 19.2 Å². The van der Waals surface area contributed by atoms with Crippen LogP contribution >= 0.6 is 0 Å². The van der Waals surface area contributed by atoms with Gasteiger partial charge in [0.2, 0.25) is 5.91 Å². The van der Waals surface area contributed by atoms with Gasteiger partial charge in [0.25, 0.3) is 0 Å². The zero-order valence-corrected chi connectivity index (χ0v) is 13.2. The standard InChI is InChI=1S/C17H28N2O2/c1-3-5-6-14(4-2)12-21-13-17(20)19-16-9-7-15(11-18)8-10-16/h7-10,14H,3-6,11-13,18H2,1-2H3,(H,19,20). The molecule has 0 aliphatic heterocycles. The van der Waals surface area contributed by atoms with Crippen LogP contribution in [-0.4, -0.2) is 19.1 Å². The van der Waals surface area contributed by atoms with Crippen molar-refractivity contribution in [1.29, 1.82) is 0 Å². The van der Waals surface area contributed by atoms with Gasteiger partial charge in [-0.2, -0.15) is 0 Å². The first-order valence-corrected chi connectivity index (χ1v) is 7.86. The maximum Gasteiger partial charge on any atom is 0.250 e. The van der Waals surface area contributed by atoms with Crippen LogP contribution in [0.4, 0.5) is 5.69 Å². The highest BCUT2D eigenvalue weighted by Crippen LogP contribution is 2.13. The number of unbranched alkanes of at least 4 members (excludes halogenated alkanes) is 1. The topological polar surface area (TPSA) is 64.3 Å². The molecule has 0 aliphatic rings. The van der Waals surface area contributed by atoms with E-state index >= 15 is 0 Å². The number of hydrogen-bond donors (Lipinski definition) is 2. The number of amides is 1. The molecule has 0 fully saturated rings. The van der Waals surface area contributed by atoms with Crippen LogP contribution in [0.3, 0.4) is 0 Å². The Kier molecular flexibility index (Phi) is 8.71. The molecule has 1 rings (SSSR count). The Morgan fingerprint density at radius 3 is 2.57 bits per heavy atom. The Morgan fingerprint density at radius 1 is 1.29 bits per heavy atom. The second kappa shape index (κ2) is 10.4. The molecule has 0 saturated carbocycles. The second-order valence-electron chi connectivity index (χ2n) is 5.38. The van der Waals surface area contributed by atoms with Crippen LogP contribution in [-0.2, 0) is 16.1 Å². The molecule has 0 radical (unpaired) electrons. The molecular weight excluding hydrogens is 264 g/mol. The molecule has 0 aliphatic carbocycles. The third kappa shape index (κ3) is 7.25. The number of ether oxygens (including phenoxy) is 1. The van der Waals surface area contributed by atoms with Crippen molar-refractivity contribution < 1.29 is 9.53 Å². The fourth-order valence-electron chi connectivity index (χ4n) is 2.14. The van der Waals surface area contributed by atoms with Crippen LogP contribution in [0.5, 0.6) is 0 Å². The molecule has 0 saturated heterocycles. The van der Waals surface area contributed by atoms with Gasteiger partial charge in [-0.1, -0.05) is 45.2 Å². The molecule has 1 unspecified atom stereocenters. The molecule has 1 aromatic carbocycles. The molecule has 0 aromatic heterocycles. The molecule has 0 heterocycles. The summed E-state index contributed by atoms with van der Waals surface area (Å²) in [5, 5.41) is 2.82. The Balaban J connectivity index is 2.26. The van der Waals surface area contributed by atoms with Gasteiger partial charge in [0.15, 0.2) is 0 Å². The van der Waals surface area contributed by atoms with E-state index in [1.165, 1.54) is 19.3 Å². The first-order valence-electron chi connectivity index (χ1n) is 7.86. The van der Waals surface area contributed by atoms with Crippen LogP contribution in [0.2, 0.25) is 0 Å². The lowest BCUT2D eigenvalue weighted by Crippen LogP contribution is -2.20. The van der Waals surface area contributed by atoms with Crippen molar-refractivity contribution in [2.45, 2.75) is 46.1 Å². The molecule has 0 bridgehead atoms. The van der Waals surface area contributed by atoms with E-state index in [0.717, 1.165) is 17.7 Å². The number of nitrogens with one attached hydrogen (secondary N) is 1. The van der Waals surface area contributed by atoms with Crippen LogP contribution in [0.1, 0.15) is 45.1 Å². The van der Waals surface area contributed by atoms with E-state index in [1.54, 1.807) is 0 Å². The molecule has 1 atom stereocenters. The number of anilines is 1. The lowest BCUT2D eigenvalue weighted by molar-refractivity contribution is -0.121. The monoisotopic (exact) mass is 292 g/mol. The quantitative estimate of drug-likeness (QED) is 0.695. The van der Waals surface area contributed by atoms with E-state index in [1.807, 2.05) is 24.3 Å². The first-order chi connectivity index (χ1) is 10.2. The van der Waals surface area contributed by atoms with Crippen molar-refractivity contribution in [2.24, 2.45) is 11.7 Å². The van der Waals surface area contributed by atoms with E-state index in [-0.39, 0.29) is 12.5 Å². The zero-order chi connectivity index (χ0) is 15.5. The van der Waals surface area contributed by atoms with Gasteiger partial charge in [-0.25, -0.2) is 0 Å². The van der Waals surface area contributed by atoms with E-state index in [9.17, 15) is 4.79 Å². The van der Waals surface area contributed by atoms with Gasteiger partial charge >= 0.3 is 0 Å². The highest BCUT2D eigenvalue weighted by atomic mass is 16.5. The van der Waals surface area contributed by atoms with Crippen LogP contribution < -0.4 is 11.1 Å². The number of carbonyl (C=O) groups is 1. The van der Waals surface area contributed by atoms with E-state index in [4.69, 9.17) is 10.5 Å². The van der Waals surface area contributed by atoms with Crippen molar-refractivity contribution in [3.8, 4) is 0 Å². The molecular formula is C17H28N2O2. The summed E-state index contributed by atoms with van der Waals surface area (Å²) in [4.78, 5) is 11.8. The normalized spacial score (nSPS) is 12.1. The zero-order valence-electron chi connectivity index (χ0n) is 13.2. The van der Waals surface area contributed by atoms with Crippen molar-refractivity contribution in [3.63, 3.8) is 0 Å². The SMILES string of the molecule is CCCCC(CC)COCC(=O)Nc1ccc(CN)cc1. The summed E-state index contributed by atoms with van der Waals surface area (Å²) >= 11 is 0. The summed E-state index contributed by atoms with van der Waals surface area (Å²) in [6, 6.07) is 7.54. The van der Waals surface area contributed by atoms with Crippen molar-refractivity contribution in [3.05, 3.63) is 29.8 Å². The van der Waals surface area contributed by atoms with Gasteiger partial charge in [-0.15, -0.1) is 0 Å². The first kappa shape index (κ1) is 17.7. The predicted molar refractivity (Wildman–Crippen MR) is 87.1 cm³/mol. The minimum Gasteiger partial charge on any atom is -0.371 e. The van der Waals surface area contributed by atoms with Crippen LogP contribution in [0.15, 0.2) is 24.3 Å². The summed E-state index contributed by atoms with van der Waals surface area (Å²) in [6.45, 7) is 5.64. The van der Waals surface area contributed by atoms with E-state index in [0.29, 0.717) is 19.1 Å². The van der Waals surface area contributed by atoms with E-state index < -0.39 is 0 Å². The largest absolute Gasteiger partial charge is 0.371 e. The average molecular weight is 292 g/mol. The molecule has 0 spiro atoms. The van der Waals surface area contributed by atoms with Gasteiger partial charge in [0, 0.05) is 12.2 Å². The third-order valence-electron chi connectivity index (χ3n) is 3.60. The maximum atomic E-state index is 11.8. The Bertz CT molecular complexity index is 404. The van der Waals surface area contributed by atoms with Crippen molar-refractivity contribution in [1.82, 2.24) is 0 Å². The Hall–Kier alpha value is -1.39. The number of hydrogen-bond acceptors (Lipinski definition) is 3. The van der Waals surface area contributed by atoms with Gasteiger partial charge in [-0.05, 0) is 30.0 Å². The van der Waals surface area contributed by atoms with Gasteiger partial charge in [0.1, 0.15) is 6.61 Å². The second-order valence-corrected chi connectivity index (χ2v) is 5.38. The number of rotatable bonds is 10. The highest BCUT2D eigenvalue weighted by Gasteiger charge is 2.08. The minimum absolute atomic E-state index is 0.110. The fourth-order valence-corrected chi connectivity index (χ4v) is 2.14. The lowest BCUT2D eigenvalue weighted by Gasteiger charge is -2.14. The number of carbonyl (C=O) groups excluding carboxylic acids is 1. The van der Waals surface area contributed by atoms with Crippen LogP contribution in [0, 0.1) is 5.92 Å². The van der Waals surface area contributed by atoms with Gasteiger partial charge in [0.05, 0.1) is 6.61 Å². The molecule has 4 heteroatoms. The third-order valence-corrected chi connectivity index (χ3v) is 3.60. The summed E-state index contributed by atoms with van der Waals surface area (Å²) < 4.78 is 5.53. The predicted octanol–water partition coefficient (Wildman–Crippen LogP) is 3.32. The average Bonchev–Trinajstić information content (AvgIpc) is 2.51. The minimum atomic E-state index is -0.110. The number of benzene rings is 1. The molecule has 1 aromatic rings. The molecule has 3 N–H and O–H groups in total. The summed E-state index contributed by atoms with van der Waals surface area (Å²) in [6.07, 6.45) is 4.70. The van der Waals surface area contributed by atoms with Crippen LogP contribution in [0.25, 0.3) is 0 Å². The summed E-state index contributed by atoms with van der Waals surface area (Å²) in [5.41, 5.74) is 7.36. The van der Waals surface area contributed by atoms with Gasteiger partial charge in [-0.3, -0.25) is 4.79 Å². The maximum absolute atomic E-state index is 11.8. The molecule has 118 valence electrons. The molecule has 1 amide bonds. The molecule has 21 heavy (non-hydrogen) atoms. The smallest absolute Gasteiger partial charge is 0.250 e. The lowest BCUT2D eigenvalue weighted by atomic mass is 10.0. The summed E-state index contributed by atoms with van der Waals surface area (Å²) in [5.74, 6) is 0.447. The van der Waals surface area contributed by atoms with Crippen molar-refractivity contribution in [2.75, 3.05) is 18.5 Å². The number of nitrogens with two attached hydrogens (primary N) is 1. The van der Waals surface area contributed by atoms with Crippen molar-refractivity contribution >= 4 is 11.6 Å². The molecule has 4 nitrogen and oxygen atoms in total. The Labute approximate surface area is 128 Å². The highest BCUT2D eigenvalue weighted by molar-refractivity contribution is 5.91. The summed E-state index contributed by atoms with van der Waals surface area (Å²) in [7, 11) is 0. The fraction of sp³-hybridized carbons (Fsp3) is 0.588. The Morgan fingerprint density at radius 2 is 2.00 bits per heavy atom.